The molecule has 0 aliphatic carbocycles. The highest BCUT2D eigenvalue weighted by Gasteiger charge is 2.34. The molecule has 9 heteroatoms. The summed E-state index contributed by atoms with van der Waals surface area (Å²) in [5.41, 5.74) is 0. The molecule has 0 atom stereocenters. The predicted octanol–water partition coefficient (Wildman–Crippen LogP) is 2.52. The topological polar surface area (TPSA) is 60.9 Å². The first kappa shape index (κ1) is 17.8. The number of hydrogen-bond acceptors (Lipinski definition) is 3. The highest BCUT2D eigenvalue weighted by Crippen LogP contribution is 2.32. The van der Waals surface area contributed by atoms with Gasteiger partial charge in [-0.25, -0.2) is 13.2 Å². The van der Waals surface area contributed by atoms with E-state index in [0.29, 0.717) is 13.1 Å². The van der Waals surface area contributed by atoms with Crippen molar-refractivity contribution in [1.29, 1.82) is 0 Å². The molecule has 1 aromatic rings. The van der Waals surface area contributed by atoms with Crippen LogP contribution in [0.3, 0.4) is 0 Å². The number of carbonyl (C=O) groups is 1. The van der Waals surface area contributed by atoms with Crippen LogP contribution in [0.25, 0.3) is 0 Å². The lowest BCUT2D eigenvalue weighted by molar-refractivity contribution is 0.142. The van der Waals surface area contributed by atoms with Gasteiger partial charge in [0, 0.05) is 39.3 Å². The van der Waals surface area contributed by atoms with Crippen LogP contribution >= 0.6 is 23.2 Å². The van der Waals surface area contributed by atoms with E-state index in [1.807, 2.05) is 4.90 Å². The fraction of sp³-hybridized carbons (Fsp3) is 0.533. The number of urea groups is 1. The van der Waals surface area contributed by atoms with Crippen molar-refractivity contribution in [3.05, 3.63) is 28.2 Å². The number of nitrogens with zero attached hydrogens (tertiary/aromatic N) is 3. The zero-order valence-electron chi connectivity index (χ0n) is 13.1. The SMILES string of the molecule is O=C(N1CCCC1)N1CCN(S(=O)(=O)c2c(Cl)cccc2Cl)CC1. The van der Waals surface area contributed by atoms with Crippen LogP contribution in [0.2, 0.25) is 10.0 Å². The number of benzene rings is 1. The molecule has 0 radical (unpaired) electrons. The van der Waals surface area contributed by atoms with E-state index in [4.69, 9.17) is 23.2 Å². The van der Waals surface area contributed by atoms with Crippen molar-refractivity contribution in [2.24, 2.45) is 0 Å². The van der Waals surface area contributed by atoms with Crippen LogP contribution < -0.4 is 0 Å². The van der Waals surface area contributed by atoms with Gasteiger partial charge in [0.1, 0.15) is 4.90 Å². The van der Waals surface area contributed by atoms with E-state index in [1.165, 1.54) is 16.4 Å². The molecule has 2 aliphatic rings. The van der Waals surface area contributed by atoms with E-state index < -0.39 is 10.0 Å². The normalized spacial score (nSPS) is 19.8. The Morgan fingerprint density at radius 1 is 0.875 bits per heavy atom. The third-order valence-corrected chi connectivity index (χ3v) is 7.26. The van der Waals surface area contributed by atoms with Gasteiger partial charge in [-0.3, -0.25) is 0 Å². The summed E-state index contributed by atoms with van der Waals surface area (Å²) in [5, 5.41) is 0.219. The standard InChI is InChI=1S/C15H19Cl2N3O3S/c16-12-4-3-5-13(17)14(12)24(22,23)20-10-8-19(9-11-20)15(21)18-6-1-2-7-18/h3-5H,1-2,6-11H2. The van der Waals surface area contributed by atoms with Crippen molar-refractivity contribution in [1.82, 2.24) is 14.1 Å². The van der Waals surface area contributed by atoms with Gasteiger partial charge in [0.25, 0.3) is 0 Å². The lowest BCUT2D eigenvalue weighted by Gasteiger charge is -2.36. The van der Waals surface area contributed by atoms with Crippen LogP contribution in [0.5, 0.6) is 0 Å². The van der Waals surface area contributed by atoms with Crippen LogP contribution in [0.1, 0.15) is 12.8 Å². The molecule has 0 aromatic heterocycles. The Hall–Kier alpha value is -1.02. The predicted molar refractivity (Wildman–Crippen MR) is 93.0 cm³/mol. The Balaban J connectivity index is 1.71. The summed E-state index contributed by atoms with van der Waals surface area (Å²) in [6.07, 6.45) is 2.07. The molecule has 2 saturated heterocycles. The number of amides is 2. The summed E-state index contributed by atoms with van der Waals surface area (Å²) >= 11 is 12.1. The Morgan fingerprint density at radius 3 is 1.92 bits per heavy atom. The number of likely N-dealkylation sites (tertiary alicyclic amines) is 1. The van der Waals surface area contributed by atoms with Gasteiger partial charge in [0.05, 0.1) is 10.0 Å². The molecular formula is C15H19Cl2N3O3S. The molecule has 2 amide bonds. The van der Waals surface area contributed by atoms with Crippen molar-refractivity contribution in [2.45, 2.75) is 17.7 Å². The third kappa shape index (κ3) is 3.35. The zero-order chi connectivity index (χ0) is 17.3. The second-order valence-electron chi connectivity index (χ2n) is 5.92. The molecule has 6 nitrogen and oxygen atoms in total. The first-order valence-corrected chi connectivity index (χ1v) is 10.1. The largest absolute Gasteiger partial charge is 0.325 e. The lowest BCUT2D eigenvalue weighted by atomic mass is 10.4. The van der Waals surface area contributed by atoms with Gasteiger partial charge in [0.2, 0.25) is 10.0 Å². The quantitative estimate of drug-likeness (QED) is 0.777. The van der Waals surface area contributed by atoms with E-state index in [-0.39, 0.29) is 34.1 Å². The zero-order valence-corrected chi connectivity index (χ0v) is 15.4. The molecule has 0 bridgehead atoms. The molecule has 1 aromatic carbocycles. The number of sulfonamides is 1. The molecular weight excluding hydrogens is 373 g/mol. The van der Waals surface area contributed by atoms with E-state index in [1.54, 1.807) is 11.0 Å². The lowest BCUT2D eigenvalue weighted by Crippen LogP contribution is -2.53. The molecule has 24 heavy (non-hydrogen) atoms. The molecule has 132 valence electrons. The van der Waals surface area contributed by atoms with Crippen LogP contribution in [0.4, 0.5) is 4.79 Å². The molecule has 2 heterocycles. The van der Waals surface area contributed by atoms with Crippen LogP contribution in [-0.4, -0.2) is 67.8 Å². The summed E-state index contributed by atoms with van der Waals surface area (Å²) in [7, 11) is -3.77. The number of piperazine rings is 1. The maximum absolute atomic E-state index is 12.8. The summed E-state index contributed by atoms with van der Waals surface area (Å²) < 4.78 is 27.0. The van der Waals surface area contributed by atoms with Crippen molar-refractivity contribution < 1.29 is 13.2 Å². The van der Waals surface area contributed by atoms with Gasteiger partial charge in [-0.05, 0) is 25.0 Å². The Morgan fingerprint density at radius 2 is 1.38 bits per heavy atom. The highest BCUT2D eigenvalue weighted by atomic mass is 35.5. The minimum atomic E-state index is -3.77. The van der Waals surface area contributed by atoms with Gasteiger partial charge in [-0.15, -0.1) is 0 Å². The Bertz CT molecular complexity index is 707. The second-order valence-corrected chi connectivity index (χ2v) is 8.61. The minimum absolute atomic E-state index is 0.000300. The summed E-state index contributed by atoms with van der Waals surface area (Å²) in [6, 6.07) is 4.62. The van der Waals surface area contributed by atoms with Gasteiger partial charge >= 0.3 is 6.03 Å². The molecule has 0 unspecified atom stereocenters. The number of halogens is 2. The van der Waals surface area contributed by atoms with Crippen molar-refractivity contribution in [3.63, 3.8) is 0 Å². The first-order valence-electron chi connectivity index (χ1n) is 7.89. The van der Waals surface area contributed by atoms with Crippen LogP contribution in [0.15, 0.2) is 23.1 Å². The van der Waals surface area contributed by atoms with Gasteiger partial charge in [-0.2, -0.15) is 4.31 Å². The monoisotopic (exact) mass is 391 g/mol. The van der Waals surface area contributed by atoms with Crippen molar-refractivity contribution in [2.75, 3.05) is 39.3 Å². The second kappa shape index (κ2) is 7.07. The molecule has 2 aliphatic heterocycles. The minimum Gasteiger partial charge on any atom is -0.325 e. The highest BCUT2D eigenvalue weighted by molar-refractivity contribution is 7.89. The van der Waals surface area contributed by atoms with Gasteiger partial charge < -0.3 is 9.80 Å². The number of rotatable bonds is 2. The van der Waals surface area contributed by atoms with E-state index in [0.717, 1.165) is 25.9 Å². The maximum atomic E-state index is 12.8. The van der Waals surface area contributed by atoms with E-state index in [9.17, 15) is 13.2 Å². The first-order chi connectivity index (χ1) is 11.4. The maximum Gasteiger partial charge on any atom is 0.320 e. The molecule has 0 N–H and O–H groups in total. The van der Waals surface area contributed by atoms with E-state index in [2.05, 4.69) is 0 Å². The smallest absolute Gasteiger partial charge is 0.320 e. The van der Waals surface area contributed by atoms with Crippen LogP contribution in [0, 0.1) is 0 Å². The average Bonchev–Trinajstić information content (AvgIpc) is 3.08. The molecule has 0 spiro atoms. The number of hydrogen-bond donors (Lipinski definition) is 0. The molecule has 0 saturated carbocycles. The molecule has 3 rings (SSSR count). The summed E-state index contributed by atoms with van der Waals surface area (Å²) in [6.45, 7) is 2.79. The molecule has 2 fully saturated rings. The fourth-order valence-electron chi connectivity index (χ4n) is 3.09. The average molecular weight is 392 g/mol. The number of carbonyl (C=O) groups excluding carboxylic acids is 1. The van der Waals surface area contributed by atoms with Gasteiger partial charge in [-0.1, -0.05) is 29.3 Å². The van der Waals surface area contributed by atoms with Crippen LogP contribution in [-0.2, 0) is 10.0 Å². The van der Waals surface area contributed by atoms with Crippen molar-refractivity contribution in [3.8, 4) is 0 Å². The van der Waals surface area contributed by atoms with Crippen molar-refractivity contribution >= 4 is 39.3 Å². The van der Waals surface area contributed by atoms with E-state index >= 15 is 0 Å². The summed E-state index contributed by atoms with van der Waals surface area (Å²) in [4.78, 5) is 15.9. The Kier molecular flexibility index (Phi) is 5.24. The fourth-order valence-corrected chi connectivity index (χ4v) is 5.60. The van der Waals surface area contributed by atoms with Gasteiger partial charge in [0.15, 0.2) is 0 Å². The summed E-state index contributed by atoms with van der Waals surface area (Å²) in [5.74, 6) is 0. The Labute approximate surface area is 152 Å². The third-order valence-electron chi connectivity index (χ3n) is 4.40.